The van der Waals surface area contributed by atoms with Gasteiger partial charge in [0, 0.05) is 18.7 Å². The summed E-state index contributed by atoms with van der Waals surface area (Å²) in [4.78, 5) is 0. The van der Waals surface area contributed by atoms with Crippen LogP contribution >= 0.6 is 0 Å². The van der Waals surface area contributed by atoms with Crippen molar-refractivity contribution in [3.05, 3.63) is 0 Å². The van der Waals surface area contributed by atoms with Crippen molar-refractivity contribution in [3.8, 4) is 0 Å². The molecular formula is C11H21NO. The van der Waals surface area contributed by atoms with Gasteiger partial charge in [0.05, 0.1) is 0 Å². The standard InChI is InChI=1S/C11H21NO/c13-8-9-4-1-2-7-11(9)12-10-5-3-6-10/h9-13H,1-8H2/t9-,11+/m0/s1. The molecule has 2 aliphatic rings. The minimum absolute atomic E-state index is 0.379. The molecule has 0 aromatic rings. The van der Waals surface area contributed by atoms with Gasteiger partial charge in [0.15, 0.2) is 0 Å². The van der Waals surface area contributed by atoms with Gasteiger partial charge in [-0.1, -0.05) is 19.3 Å². The summed E-state index contributed by atoms with van der Waals surface area (Å²) in [6.45, 7) is 0.379. The maximum absolute atomic E-state index is 9.23. The van der Waals surface area contributed by atoms with Gasteiger partial charge in [0.25, 0.3) is 0 Å². The van der Waals surface area contributed by atoms with E-state index in [9.17, 15) is 5.11 Å². The number of aliphatic hydroxyl groups is 1. The van der Waals surface area contributed by atoms with Crippen molar-refractivity contribution in [3.63, 3.8) is 0 Å². The zero-order valence-corrected chi connectivity index (χ0v) is 8.34. The lowest BCUT2D eigenvalue weighted by molar-refractivity contribution is 0.135. The second kappa shape index (κ2) is 4.43. The molecule has 2 rings (SSSR count). The van der Waals surface area contributed by atoms with Crippen LogP contribution in [0.15, 0.2) is 0 Å². The summed E-state index contributed by atoms with van der Waals surface area (Å²) in [5, 5.41) is 12.9. The average Bonchev–Trinajstić information content (AvgIpc) is 2.12. The first kappa shape index (κ1) is 9.47. The molecule has 2 N–H and O–H groups in total. The van der Waals surface area contributed by atoms with Crippen LogP contribution in [-0.4, -0.2) is 23.8 Å². The maximum Gasteiger partial charge on any atom is 0.0474 e. The Morgan fingerprint density at radius 1 is 1.00 bits per heavy atom. The van der Waals surface area contributed by atoms with Gasteiger partial charge in [-0.05, 0) is 31.6 Å². The molecule has 0 aromatic heterocycles. The van der Waals surface area contributed by atoms with Crippen molar-refractivity contribution in [1.82, 2.24) is 5.32 Å². The van der Waals surface area contributed by atoms with E-state index in [0.717, 1.165) is 6.04 Å². The average molecular weight is 183 g/mol. The highest BCUT2D eigenvalue weighted by Gasteiger charge is 2.28. The van der Waals surface area contributed by atoms with Crippen molar-refractivity contribution in [2.45, 2.75) is 57.0 Å². The molecule has 2 atom stereocenters. The number of nitrogens with one attached hydrogen (secondary N) is 1. The van der Waals surface area contributed by atoms with Gasteiger partial charge >= 0.3 is 0 Å². The third-order valence-corrected chi connectivity index (χ3v) is 3.70. The Morgan fingerprint density at radius 2 is 1.77 bits per heavy atom. The zero-order valence-electron chi connectivity index (χ0n) is 8.34. The first-order chi connectivity index (χ1) is 6.40. The summed E-state index contributed by atoms with van der Waals surface area (Å²) in [5.74, 6) is 0.536. The monoisotopic (exact) mass is 183 g/mol. The Kier molecular flexibility index (Phi) is 3.23. The van der Waals surface area contributed by atoms with Crippen molar-refractivity contribution >= 4 is 0 Å². The molecule has 0 heterocycles. The fourth-order valence-corrected chi connectivity index (χ4v) is 2.52. The maximum atomic E-state index is 9.23. The van der Waals surface area contributed by atoms with Crippen LogP contribution in [0.4, 0.5) is 0 Å². The summed E-state index contributed by atoms with van der Waals surface area (Å²) in [6.07, 6.45) is 9.27. The molecule has 76 valence electrons. The van der Waals surface area contributed by atoms with Crippen molar-refractivity contribution in [2.24, 2.45) is 5.92 Å². The quantitative estimate of drug-likeness (QED) is 0.697. The summed E-state index contributed by atoms with van der Waals surface area (Å²) >= 11 is 0. The molecule has 2 heteroatoms. The first-order valence-electron chi connectivity index (χ1n) is 5.77. The summed E-state index contributed by atoms with van der Waals surface area (Å²) in [5.41, 5.74) is 0. The van der Waals surface area contributed by atoms with E-state index in [-0.39, 0.29) is 0 Å². The highest BCUT2D eigenvalue weighted by Crippen LogP contribution is 2.27. The van der Waals surface area contributed by atoms with E-state index in [4.69, 9.17) is 0 Å². The van der Waals surface area contributed by atoms with Gasteiger partial charge in [0.2, 0.25) is 0 Å². The first-order valence-corrected chi connectivity index (χ1v) is 5.77. The number of hydrogen-bond donors (Lipinski definition) is 2. The van der Waals surface area contributed by atoms with E-state index in [0.29, 0.717) is 18.6 Å². The van der Waals surface area contributed by atoms with E-state index >= 15 is 0 Å². The fourth-order valence-electron chi connectivity index (χ4n) is 2.52. The highest BCUT2D eigenvalue weighted by molar-refractivity contribution is 4.86. The molecule has 0 aliphatic heterocycles. The third kappa shape index (κ3) is 2.23. The molecule has 0 radical (unpaired) electrons. The molecule has 0 spiro atoms. The smallest absolute Gasteiger partial charge is 0.0474 e. The molecule has 0 amide bonds. The molecule has 2 nitrogen and oxygen atoms in total. The largest absolute Gasteiger partial charge is 0.396 e. The topological polar surface area (TPSA) is 32.3 Å². The molecule has 0 bridgehead atoms. The molecule has 2 aliphatic carbocycles. The van der Waals surface area contributed by atoms with Gasteiger partial charge in [0.1, 0.15) is 0 Å². The number of rotatable bonds is 3. The molecule has 2 saturated carbocycles. The Labute approximate surface area is 80.7 Å². The predicted octanol–water partition coefficient (Wildman–Crippen LogP) is 1.68. The normalized spacial score (nSPS) is 35.8. The van der Waals surface area contributed by atoms with Crippen LogP contribution in [0.5, 0.6) is 0 Å². The SMILES string of the molecule is OC[C@@H]1CCCC[C@H]1NC1CCC1. The Balaban J connectivity index is 1.79. The van der Waals surface area contributed by atoms with Crippen LogP contribution in [0.2, 0.25) is 0 Å². The van der Waals surface area contributed by atoms with Crippen LogP contribution in [0, 0.1) is 5.92 Å². The molecule has 2 fully saturated rings. The minimum atomic E-state index is 0.379. The predicted molar refractivity (Wildman–Crippen MR) is 53.6 cm³/mol. The van der Waals surface area contributed by atoms with Crippen LogP contribution in [0.25, 0.3) is 0 Å². The van der Waals surface area contributed by atoms with Crippen LogP contribution < -0.4 is 5.32 Å². The Morgan fingerprint density at radius 3 is 2.38 bits per heavy atom. The van der Waals surface area contributed by atoms with E-state index in [2.05, 4.69) is 5.32 Å². The summed E-state index contributed by atoms with van der Waals surface area (Å²) in [7, 11) is 0. The third-order valence-electron chi connectivity index (χ3n) is 3.70. The lowest BCUT2D eigenvalue weighted by Crippen LogP contribution is -2.48. The van der Waals surface area contributed by atoms with Crippen LogP contribution in [0.1, 0.15) is 44.9 Å². The number of aliphatic hydroxyl groups excluding tert-OH is 1. The van der Waals surface area contributed by atoms with Gasteiger partial charge in [-0.15, -0.1) is 0 Å². The lowest BCUT2D eigenvalue weighted by Gasteiger charge is -2.37. The van der Waals surface area contributed by atoms with E-state index < -0.39 is 0 Å². The fraction of sp³-hybridized carbons (Fsp3) is 1.00. The van der Waals surface area contributed by atoms with Crippen LogP contribution in [-0.2, 0) is 0 Å². The van der Waals surface area contributed by atoms with E-state index in [1.54, 1.807) is 0 Å². The van der Waals surface area contributed by atoms with Crippen molar-refractivity contribution < 1.29 is 5.11 Å². The van der Waals surface area contributed by atoms with Crippen molar-refractivity contribution in [1.29, 1.82) is 0 Å². The van der Waals surface area contributed by atoms with Gasteiger partial charge in [-0.25, -0.2) is 0 Å². The molecular weight excluding hydrogens is 162 g/mol. The van der Waals surface area contributed by atoms with E-state index in [1.807, 2.05) is 0 Å². The molecule has 0 aromatic carbocycles. The second-order valence-corrected chi connectivity index (χ2v) is 4.63. The number of hydrogen-bond acceptors (Lipinski definition) is 2. The Bertz CT molecular complexity index is 156. The summed E-state index contributed by atoms with van der Waals surface area (Å²) in [6, 6.07) is 1.39. The van der Waals surface area contributed by atoms with Gasteiger partial charge in [-0.2, -0.15) is 0 Å². The minimum Gasteiger partial charge on any atom is -0.396 e. The highest BCUT2D eigenvalue weighted by atomic mass is 16.3. The molecule has 0 saturated heterocycles. The van der Waals surface area contributed by atoms with E-state index in [1.165, 1.54) is 44.9 Å². The molecule has 0 unspecified atom stereocenters. The van der Waals surface area contributed by atoms with Gasteiger partial charge in [-0.3, -0.25) is 0 Å². The lowest BCUT2D eigenvalue weighted by atomic mass is 9.83. The zero-order chi connectivity index (χ0) is 9.10. The van der Waals surface area contributed by atoms with Gasteiger partial charge < -0.3 is 10.4 Å². The molecule has 13 heavy (non-hydrogen) atoms. The van der Waals surface area contributed by atoms with Crippen LogP contribution in [0.3, 0.4) is 0 Å². The second-order valence-electron chi connectivity index (χ2n) is 4.63. The van der Waals surface area contributed by atoms with Crippen molar-refractivity contribution in [2.75, 3.05) is 6.61 Å². The summed E-state index contributed by atoms with van der Waals surface area (Å²) < 4.78 is 0. The Hall–Kier alpha value is -0.0800.